The summed E-state index contributed by atoms with van der Waals surface area (Å²) >= 11 is 1.59. The predicted molar refractivity (Wildman–Crippen MR) is 74.8 cm³/mol. The van der Waals surface area contributed by atoms with Gasteiger partial charge >= 0.3 is 0 Å². The molecule has 0 bridgehead atoms. The number of nitrogens with one attached hydrogen (secondary N) is 1. The van der Waals surface area contributed by atoms with Gasteiger partial charge in [0, 0.05) is 23.2 Å². The van der Waals surface area contributed by atoms with Gasteiger partial charge in [0.05, 0.1) is 16.5 Å². The first-order chi connectivity index (χ1) is 9.61. The highest BCUT2D eigenvalue weighted by atomic mass is 32.1. The molecule has 20 heavy (non-hydrogen) atoms. The summed E-state index contributed by atoms with van der Waals surface area (Å²) in [7, 11) is 0. The normalized spacial score (nSPS) is 10.8. The van der Waals surface area contributed by atoms with Crippen LogP contribution in [0, 0.1) is 17.0 Å². The molecule has 0 aliphatic carbocycles. The number of oxazole rings is 1. The Bertz CT molecular complexity index is 780. The number of nitro benzene ring substituents is 1. The van der Waals surface area contributed by atoms with Crippen LogP contribution in [-0.4, -0.2) is 14.9 Å². The predicted octanol–water partition coefficient (Wildman–Crippen LogP) is 3.11. The lowest BCUT2D eigenvalue weighted by molar-refractivity contribution is -0.384. The molecule has 2 aromatic heterocycles. The quantitative estimate of drug-likeness (QED) is 0.586. The van der Waals surface area contributed by atoms with Crippen LogP contribution in [0.2, 0.25) is 0 Å². The number of fused-ring (bicyclic) bond motifs is 1. The molecule has 0 unspecified atom stereocenters. The van der Waals surface area contributed by atoms with Gasteiger partial charge in [0.15, 0.2) is 5.58 Å². The Hall–Kier alpha value is -2.48. The second kappa shape index (κ2) is 4.89. The van der Waals surface area contributed by atoms with Gasteiger partial charge in [0.25, 0.3) is 11.7 Å². The molecule has 0 aliphatic heterocycles. The van der Waals surface area contributed by atoms with Crippen molar-refractivity contribution in [1.82, 2.24) is 9.97 Å². The third-order valence-electron chi connectivity index (χ3n) is 2.66. The lowest BCUT2D eigenvalue weighted by Gasteiger charge is -1.96. The number of non-ortho nitro benzene ring substituents is 1. The van der Waals surface area contributed by atoms with Crippen molar-refractivity contribution >= 4 is 34.1 Å². The zero-order chi connectivity index (χ0) is 14.1. The van der Waals surface area contributed by atoms with Crippen molar-refractivity contribution in [1.29, 1.82) is 0 Å². The van der Waals surface area contributed by atoms with Crippen LogP contribution in [0.3, 0.4) is 0 Å². The maximum Gasteiger partial charge on any atom is 0.295 e. The zero-order valence-electron chi connectivity index (χ0n) is 10.5. The Morgan fingerprint density at radius 2 is 2.35 bits per heavy atom. The summed E-state index contributed by atoms with van der Waals surface area (Å²) in [5.41, 5.74) is 0.969. The van der Waals surface area contributed by atoms with Gasteiger partial charge in [-0.2, -0.15) is 4.98 Å². The van der Waals surface area contributed by atoms with Gasteiger partial charge in [-0.05, 0) is 13.0 Å². The molecule has 0 aliphatic rings. The summed E-state index contributed by atoms with van der Waals surface area (Å²) in [5.74, 6) is 0. The first-order valence-electron chi connectivity index (χ1n) is 5.82. The summed E-state index contributed by atoms with van der Waals surface area (Å²) in [5, 5.41) is 14.7. The van der Waals surface area contributed by atoms with Crippen LogP contribution in [0.25, 0.3) is 11.1 Å². The summed E-state index contributed by atoms with van der Waals surface area (Å²) in [6.07, 6.45) is 1.79. The minimum atomic E-state index is -0.457. The number of aryl methyl sites for hydroxylation is 1. The molecule has 8 heteroatoms. The van der Waals surface area contributed by atoms with E-state index in [0.717, 1.165) is 9.88 Å². The largest absolute Gasteiger partial charge is 0.424 e. The molecule has 7 nitrogen and oxygen atoms in total. The number of nitro groups is 1. The second-order valence-corrected chi connectivity index (χ2v) is 5.45. The molecule has 0 atom stereocenters. The van der Waals surface area contributed by atoms with Gasteiger partial charge in [0.2, 0.25) is 0 Å². The molecule has 1 N–H and O–H groups in total. The van der Waals surface area contributed by atoms with Crippen LogP contribution in [0.1, 0.15) is 9.88 Å². The van der Waals surface area contributed by atoms with E-state index in [0.29, 0.717) is 23.7 Å². The van der Waals surface area contributed by atoms with Crippen LogP contribution in [-0.2, 0) is 6.54 Å². The molecule has 1 aromatic carbocycles. The Balaban J connectivity index is 1.80. The van der Waals surface area contributed by atoms with E-state index in [1.165, 1.54) is 12.1 Å². The smallest absolute Gasteiger partial charge is 0.295 e. The van der Waals surface area contributed by atoms with Gasteiger partial charge in [0.1, 0.15) is 5.52 Å². The Kier molecular flexibility index (Phi) is 3.07. The van der Waals surface area contributed by atoms with Crippen molar-refractivity contribution in [3.05, 3.63) is 44.4 Å². The van der Waals surface area contributed by atoms with Crippen molar-refractivity contribution in [2.45, 2.75) is 13.5 Å². The zero-order valence-corrected chi connectivity index (χ0v) is 11.3. The standard InChI is InChI=1S/C12H10N4O3S/c1-7-13-5-9(20-7)6-14-12-15-10-4-8(16(17)18)2-3-11(10)19-12/h2-5H,6H2,1H3,(H,14,15). The van der Waals surface area contributed by atoms with E-state index in [1.54, 1.807) is 23.6 Å². The van der Waals surface area contributed by atoms with E-state index in [1.807, 2.05) is 6.92 Å². The highest BCUT2D eigenvalue weighted by molar-refractivity contribution is 7.11. The molecule has 0 radical (unpaired) electrons. The minimum absolute atomic E-state index is 0.00423. The van der Waals surface area contributed by atoms with E-state index >= 15 is 0 Å². The minimum Gasteiger partial charge on any atom is -0.424 e. The molecule has 2 heterocycles. The Morgan fingerprint density at radius 1 is 1.50 bits per heavy atom. The molecule has 0 amide bonds. The average molecular weight is 290 g/mol. The topological polar surface area (TPSA) is 94.1 Å². The first kappa shape index (κ1) is 12.5. The van der Waals surface area contributed by atoms with E-state index in [9.17, 15) is 10.1 Å². The number of hydrogen-bond acceptors (Lipinski definition) is 7. The Morgan fingerprint density at radius 3 is 3.05 bits per heavy atom. The number of nitrogens with zero attached hydrogens (tertiary/aromatic N) is 3. The maximum absolute atomic E-state index is 10.7. The number of aromatic nitrogens is 2. The van der Waals surface area contributed by atoms with Crippen LogP contribution in [0.5, 0.6) is 0 Å². The van der Waals surface area contributed by atoms with E-state index in [-0.39, 0.29) is 5.69 Å². The molecule has 0 fully saturated rings. The van der Waals surface area contributed by atoms with Gasteiger partial charge in [-0.15, -0.1) is 11.3 Å². The fourth-order valence-corrected chi connectivity index (χ4v) is 2.49. The first-order valence-corrected chi connectivity index (χ1v) is 6.63. The lowest BCUT2D eigenvalue weighted by Crippen LogP contribution is -1.96. The number of thiazole rings is 1. The number of rotatable bonds is 4. The number of hydrogen-bond donors (Lipinski definition) is 1. The van der Waals surface area contributed by atoms with Crippen LogP contribution < -0.4 is 5.32 Å². The fraction of sp³-hybridized carbons (Fsp3) is 0.167. The molecule has 3 aromatic rings. The van der Waals surface area contributed by atoms with Crippen molar-refractivity contribution in [2.75, 3.05) is 5.32 Å². The van der Waals surface area contributed by atoms with Crippen molar-refractivity contribution in [3.63, 3.8) is 0 Å². The van der Waals surface area contributed by atoms with E-state index in [4.69, 9.17) is 4.42 Å². The maximum atomic E-state index is 10.7. The summed E-state index contributed by atoms with van der Waals surface area (Å²) in [6.45, 7) is 2.49. The Labute approximate surface area is 117 Å². The van der Waals surface area contributed by atoms with Gasteiger partial charge in [-0.3, -0.25) is 10.1 Å². The third kappa shape index (κ3) is 2.45. The third-order valence-corrected chi connectivity index (χ3v) is 3.58. The monoisotopic (exact) mass is 290 g/mol. The number of benzene rings is 1. The number of anilines is 1. The molecular formula is C12H10N4O3S. The lowest BCUT2D eigenvalue weighted by atomic mass is 10.3. The SMILES string of the molecule is Cc1ncc(CNc2nc3cc([N+](=O)[O-])ccc3o2)s1. The summed E-state index contributed by atoms with van der Waals surface area (Å²) < 4.78 is 5.47. The molecule has 0 saturated carbocycles. The van der Waals surface area contributed by atoms with Gasteiger partial charge in [-0.1, -0.05) is 0 Å². The fourth-order valence-electron chi connectivity index (χ4n) is 1.75. The molecular weight excluding hydrogens is 280 g/mol. The highest BCUT2D eigenvalue weighted by Crippen LogP contribution is 2.24. The molecule has 0 spiro atoms. The highest BCUT2D eigenvalue weighted by Gasteiger charge is 2.11. The van der Waals surface area contributed by atoms with Crippen molar-refractivity contribution in [3.8, 4) is 0 Å². The summed E-state index contributed by atoms with van der Waals surface area (Å²) in [6, 6.07) is 4.67. The summed E-state index contributed by atoms with van der Waals surface area (Å²) in [4.78, 5) is 19.6. The van der Waals surface area contributed by atoms with Crippen LogP contribution in [0.15, 0.2) is 28.8 Å². The van der Waals surface area contributed by atoms with E-state index in [2.05, 4.69) is 15.3 Å². The molecule has 3 rings (SSSR count). The van der Waals surface area contributed by atoms with Crippen LogP contribution in [0.4, 0.5) is 11.7 Å². The van der Waals surface area contributed by atoms with Gasteiger partial charge in [-0.25, -0.2) is 4.98 Å². The van der Waals surface area contributed by atoms with Crippen LogP contribution >= 0.6 is 11.3 Å². The van der Waals surface area contributed by atoms with Gasteiger partial charge < -0.3 is 9.73 Å². The molecule has 102 valence electrons. The van der Waals surface area contributed by atoms with E-state index < -0.39 is 4.92 Å². The second-order valence-electron chi connectivity index (χ2n) is 4.13. The van der Waals surface area contributed by atoms with Crippen molar-refractivity contribution in [2.24, 2.45) is 0 Å². The average Bonchev–Trinajstić information content (AvgIpc) is 3.00. The molecule has 0 saturated heterocycles. The van der Waals surface area contributed by atoms with Crippen molar-refractivity contribution < 1.29 is 9.34 Å².